The van der Waals surface area contributed by atoms with Crippen molar-refractivity contribution in [1.29, 1.82) is 0 Å². The summed E-state index contributed by atoms with van der Waals surface area (Å²) in [7, 11) is 0. The molecular weight excluding hydrogens is 506 g/mol. The molecule has 2 heterocycles. The molecule has 0 bridgehead atoms. The van der Waals surface area contributed by atoms with Gasteiger partial charge < -0.3 is 9.64 Å². The molecule has 4 rings (SSSR count). The minimum atomic E-state index is -0.427. The molecule has 0 atom stereocenters. The highest BCUT2D eigenvalue weighted by atomic mass is 32.2. The Labute approximate surface area is 225 Å². The first kappa shape index (κ1) is 27.3. The summed E-state index contributed by atoms with van der Waals surface area (Å²) in [5.74, 6) is 1.24. The second-order valence-corrected chi connectivity index (χ2v) is 10.1. The Morgan fingerprint density at radius 3 is 2.42 bits per heavy atom. The van der Waals surface area contributed by atoms with Gasteiger partial charge in [-0.25, -0.2) is 0 Å². The number of nitro benzene ring substituents is 1. The number of carbonyl (C=O) groups is 2. The summed E-state index contributed by atoms with van der Waals surface area (Å²) in [5.41, 5.74) is 1.65. The Bertz CT molecular complexity index is 1240. The zero-order valence-corrected chi connectivity index (χ0v) is 22.1. The maximum atomic E-state index is 12.6. The Kier molecular flexibility index (Phi) is 9.47. The van der Waals surface area contributed by atoms with Gasteiger partial charge in [0.1, 0.15) is 0 Å². The number of nitro groups is 1. The lowest BCUT2D eigenvalue weighted by Crippen LogP contribution is -2.40. The number of piperidine rings is 1. The quantitative estimate of drug-likeness (QED) is 0.111. The molecule has 200 valence electrons. The molecule has 0 radical (unpaired) electrons. The molecule has 38 heavy (non-hydrogen) atoms. The number of aromatic nitrogens is 3. The molecule has 1 saturated heterocycles. The molecule has 0 saturated carbocycles. The molecular formula is C27H31N5O5S. The third kappa shape index (κ3) is 6.77. The standard InChI is InChI=1S/C27H31N5O5S/c1-2-37-26(34)21-15-17-30(18-16-21)24(33)10-6-7-19-38-27-29-28-25(31(27)22-8-4-3-5-9-22)20-11-13-23(14-12-20)32(35)36/h3-5,8-9,11-14,21H,2,6-7,10,15-19H2,1H3. The number of para-hydroxylation sites is 1. The van der Waals surface area contributed by atoms with Crippen molar-refractivity contribution in [2.75, 3.05) is 25.4 Å². The molecule has 1 aliphatic heterocycles. The van der Waals surface area contributed by atoms with Crippen LogP contribution in [0, 0.1) is 16.0 Å². The lowest BCUT2D eigenvalue weighted by Gasteiger charge is -2.31. The summed E-state index contributed by atoms with van der Waals surface area (Å²) in [5, 5.41) is 20.5. The van der Waals surface area contributed by atoms with Crippen molar-refractivity contribution in [3.63, 3.8) is 0 Å². The van der Waals surface area contributed by atoms with Crippen LogP contribution in [0.25, 0.3) is 17.1 Å². The molecule has 1 fully saturated rings. The molecule has 2 aromatic carbocycles. The van der Waals surface area contributed by atoms with Crippen LogP contribution in [0.3, 0.4) is 0 Å². The number of esters is 1. The molecule has 0 aliphatic carbocycles. The normalized spacial score (nSPS) is 13.9. The average molecular weight is 538 g/mol. The number of hydrogen-bond donors (Lipinski definition) is 0. The van der Waals surface area contributed by atoms with Gasteiger partial charge in [0.2, 0.25) is 5.91 Å². The predicted molar refractivity (Wildman–Crippen MR) is 144 cm³/mol. The number of thioether (sulfide) groups is 1. The van der Waals surface area contributed by atoms with Gasteiger partial charge in [0.05, 0.1) is 17.4 Å². The first-order chi connectivity index (χ1) is 18.5. The molecule has 1 aromatic heterocycles. The smallest absolute Gasteiger partial charge is 0.309 e. The fourth-order valence-electron chi connectivity index (χ4n) is 4.42. The van der Waals surface area contributed by atoms with Crippen LogP contribution in [0.1, 0.15) is 39.0 Å². The zero-order chi connectivity index (χ0) is 26.9. The van der Waals surface area contributed by atoms with Gasteiger partial charge in [-0.1, -0.05) is 30.0 Å². The third-order valence-electron chi connectivity index (χ3n) is 6.47. The number of amides is 1. The van der Waals surface area contributed by atoms with E-state index in [0.29, 0.717) is 44.8 Å². The summed E-state index contributed by atoms with van der Waals surface area (Å²) in [4.78, 5) is 37.0. The van der Waals surface area contributed by atoms with E-state index in [0.717, 1.165) is 35.0 Å². The third-order valence-corrected chi connectivity index (χ3v) is 7.48. The molecule has 3 aromatic rings. The van der Waals surface area contributed by atoms with Crippen molar-refractivity contribution in [2.24, 2.45) is 5.92 Å². The van der Waals surface area contributed by atoms with Gasteiger partial charge in [0, 0.05) is 48.6 Å². The van der Waals surface area contributed by atoms with Gasteiger partial charge in [0.15, 0.2) is 11.0 Å². The maximum absolute atomic E-state index is 12.6. The van der Waals surface area contributed by atoms with Crippen LogP contribution < -0.4 is 0 Å². The number of likely N-dealkylation sites (tertiary alicyclic amines) is 1. The van der Waals surface area contributed by atoms with Gasteiger partial charge in [-0.05, 0) is 56.9 Å². The molecule has 0 N–H and O–H groups in total. The lowest BCUT2D eigenvalue weighted by atomic mass is 9.96. The zero-order valence-electron chi connectivity index (χ0n) is 21.3. The van der Waals surface area contributed by atoms with Crippen LogP contribution in [0.5, 0.6) is 0 Å². The maximum Gasteiger partial charge on any atom is 0.309 e. The van der Waals surface area contributed by atoms with Gasteiger partial charge in [-0.15, -0.1) is 10.2 Å². The summed E-state index contributed by atoms with van der Waals surface area (Å²) in [6.45, 7) is 3.39. The van der Waals surface area contributed by atoms with Crippen molar-refractivity contribution < 1.29 is 19.2 Å². The SMILES string of the molecule is CCOC(=O)C1CCN(C(=O)CCCCSc2nnc(-c3ccc([N+](=O)[O-])cc3)n2-c2ccccc2)CC1. The van der Waals surface area contributed by atoms with E-state index in [9.17, 15) is 19.7 Å². The minimum Gasteiger partial charge on any atom is -0.466 e. The number of nitrogens with zero attached hydrogens (tertiary/aromatic N) is 5. The van der Waals surface area contributed by atoms with Crippen molar-refractivity contribution in [3.8, 4) is 17.1 Å². The van der Waals surface area contributed by atoms with E-state index in [1.165, 1.54) is 12.1 Å². The van der Waals surface area contributed by atoms with Crippen molar-refractivity contribution in [2.45, 2.75) is 44.2 Å². The van der Waals surface area contributed by atoms with Gasteiger partial charge in [0.25, 0.3) is 5.69 Å². The predicted octanol–water partition coefficient (Wildman–Crippen LogP) is 4.91. The van der Waals surface area contributed by atoms with E-state index in [-0.39, 0.29) is 23.5 Å². The fourth-order valence-corrected chi connectivity index (χ4v) is 5.37. The number of hydrogen-bond acceptors (Lipinski definition) is 8. The molecule has 0 unspecified atom stereocenters. The van der Waals surface area contributed by atoms with Crippen LogP contribution in [-0.4, -0.2) is 61.9 Å². The highest BCUT2D eigenvalue weighted by molar-refractivity contribution is 7.99. The summed E-state index contributed by atoms with van der Waals surface area (Å²) in [6.07, 6.45) is 3.39. The molecule has 1 amide bonds. The Hall–Kier alpha value is -3.73. The topological polar surface area (TPSA) is 120 Å². The highest BCUT2D eigenvalue weighted by Gasteiger charge is 2.28. The van der Waals surface area contributed by atoms with E-state index >= 15 is 0 Å². The van der Waals surface area contributed by atoms with Crippen LogP contribution >= 0.6 is 11.8 Å². The van der Waals surface area contributed by atoms with E-state index in [2.05, 4.69) is 10.2 Å². The number of non-ortho nitro benzene ring substituents is 1. The number of ether oxygens (including phenoxy) is 1. The van der Waals surface area contributed by atoms with E-state index in [1.54, 1.807) is 30.8 Å². The second kappa shape index (κ2) is 13.2. The van der Waals surface area contributed by atoms with Crippen LogP contribution in [0.2, 0.25) is 0 Å². The van der Waals surface area contributed by atoms with Crippen molar-refractivity contribution in [3.05, 3.63) is 64.7 Å². The Morgan fingerprint density at radius 1 is 1.05 bits per heavy atom. The molecule has 1 aliphatic rings. The highest BCUT2D eigenvalue weighted by Crippen LogP contribution is 2.29. The van der Waals surface area contributed by atoms with Crippen LogP contribution in [-0.2, 0) is 14.3 Å². The van der Waals surface area contributed by atoms with Crippen molar-refractivity contribution >= 4 is 29.3 Å². The Balaban J connectivity index is 1.32. The van der Waals surface area contributed by atoms with Crippen molar-refractivity contribution in [1.82, 2.24) is 19.7 Å². The van der Waals surface area contributed by atoms with Gasteiger partial charge in [-0.3, -0.25) is 24.3 Å². The Morgan fingerprint density at radius 2 is 1.76 bits per heavy atom. The van der Waals surface area contributed by atoms with Gasteiger partial charge >= 0.3 is 5.97 Å². The largest absolute Gasteiger partial charge is 0.466 e. The van der Waals surface area contributed by atoms with E-state index in [4.69, 9.17) is 4.74 Å². The van der Waals surface area contributed by atoms with Crippen LogP contribution in [0.15, 0.2) is 59.8 Å². The number of rotatable bonds is 11. The molecule has 10 nitrogen and oxygen atoms in total. The summed E-state index contributed by atoms with van der Waals surface area (Å²) in [6, 6.07) is 16.0. The molecule has 11 heteroatoms. The van der Waals surface area contributed by atoms with E-state index < -0.39 is 4.92 Å². The molecule has 0 spiro atoms. The first-order valence-corrected chi connectivity index (χ1v) is 13.8. The fraction of sp³-hybridized carbons (Fsp3) is 0.407. The first-order valence-electron chi connectivity index (χ1n) is 12.8. The lowest BCUT2D eigenvalue weighted by molar-refractivity contribution is -0.384. The average Bonchev–Trinajstić information content (AvgIpc) is 3.37. The van der Waals surface area contributed by atoms with E-state index in [1.807, 2.05) is 39.8 Å². The number of benzene rings is 2. The summed E-state index contributed by atoms with van der Waals surface area (Å²) < 4.78 is 7.05. The number of unbranched alkanes of at least 4 members (excludes halogenated alkanes) is 1. The summed E-state index contributed by atoms with van der Waals surface area (Å²) >= 11 is 1.57. The number of carbonyl (C=O) groups excluding carboxylic acids is 2. The monoisotopic (exact) mass is 537 g/mol. The second-order valence-electron chi connectivity index (χ2n) is 8.99. The van der Waals surface area contributed by atoms with Crippen LogP contribution in [0.4, 0.5) is 5.69 Å². The minimum absolute atomic E-state index is 0.0204. The van der Waals surface area contributed by atoms with Gasteiger partial charge in [-0.2, -0.15) is 0 Å².